The van der Waals surface area contributed by atoms with Crippen LogP contribution < -0.4 is 0 Å². The van der Waals surface area contributed by atoms with Gasteiger partial charge in [0.2, 0.25) is 5.91 Å². The van der Waals surface area contributed by atoms with Gasteiger partial charge in [0.15, 0.2) is 0 Å². The topological polar surface area (TPSA) is 81.0 Å². The molecule has 0 bridgehead atoms. The molecule has 0 spiro atoms. The molecule has 4 aliphatic carbocycles. The van der Waals surface area contributed by atoms with Crippen molar-refractivity contribution in [3.8, 4) is 0 Å². The molecule has 0 aromatic rings. The quantitative estimate of drug-likeness (QED) is 0.538. The van der Waals surface area contributed by atoms with E-state index in [1.165, 1.54) is 25.7 Å². The molecule has 4 saturated carbocycles. The first-order valence-corrected chi connectivity index (χ1v) is 14.9. The molecule has 11 atom stereocenters. The smallest absolute Gasteiger partial charge is 0.222 e. The Kier molecular flexibility index (Phi) is 7.11. The van der Waals surface area contributed by atoms with E-state index in [-0.39, 0.29) is 35.0 Å². The van der Waals surface area contributed by atoms with Gasteiger partial charge in [-0.15, -0.1) is 0 Å². The van der Waals surface area contributed by atoms with Crippen molar-refractivity contribution in [2.24, 2.45) is 52.3 Å². The maximum absolute atomic E-state index is 13.1. The average Bonchev–Trinajstić information content (AvgIpc) is 3.18. The van der Waals surface area contributed by atoms with Gasteiger partial charge in [-0.3, -0.25) is 4.79 Å². The van der Waals surface area contributed by atoms with Gasteiger partial charge in [-0.2, -0.15) is 0 Å². The van der Waals surface area contributed by atoms with Crippen LogP contribution in [0.15, 0.2) is 0 Å². The van der Waals surface area contributed by atoms with Crippen molar-refractivity contribution >= 4 is 5.91 Å². The first-order valence-electron chi connectivity index (χ1n) is 14.9. The number of nitrogens with zero attached hydrogens (tertiary/aromatic N) is 1. The SMILES string of the molecule is CC[C@H]1[C@@H](O)[C@@H]2[C@H](CC[C@]3(C)[C@@H]([C@H](C)CC(=O)N4CCC(O)CC4)CC[C@@H]23)[C@@]2(C)CC[C@@H](O)C[C@@H]12. The zero-order valence-electron chi connectivity index (χ0n) is 22.7. The maximum atomic E-state index is 13.1. The number of carbonyl (C=O) groups is 1. The summed E-state index contributed by atoms with van der Waals surface area (Å²) >= 11 is 0. The van der Waals surface area contributed by atoms with Gasteiger partial charge >= 0.3 is 0 Å². The highest BCUT2D eigenvalue weighted by atomic mass is 16.3. The number of amides is 1. The third-order valence-electron chi connectivity index (χ3n) is 12.5. The van der Waals surface area contributed by atoms with Crippen LogP contribution in [-0.4, -0.2) is 57.5 Å². The summed E-state index contributed by atoms with van der Waals surface area (Å²) in [5.41, 5.74) is 0.444. The number of likely N-dealkylation sites (tertiary alicyclic amines) is 1. The third-order valence-corrected chi connectivity index (χ3v) is 12.5. The Labute approximate surface area is 213 Å². The number of fused-ring (bicyclic) bond motifs is 5. The average molecular weight is 490 g/mol. The van der Waals surface area contributed by atoms with Gasteiger partial charge in [-0.25, -0.2) is 0 Å². The fourth-order valence-corrected chi connectivity index (χ4v) is 10.6. The number of aliphatic hydroxyl groups is 3. The number of carbonyl (C=O) groups excluding carboxylic acids is 1. The van der Waals surface area contributed by atoms with Gasteiger partial charge in [-0.1, -0.05) is 34.1 Å². The molecule has 0 aromatic heterocycles. The third kappa shape index (κ3) is 4.20. The second kappa shape index (κ2) is 9.58. The number of aliphatic hydroxyl groups excluding tert-OH is 3. The molecule has 5 nitrogen and oxygen atoms in total. The van der Waals surface area contributed by atoms with E-state index < -0.39 is 0 Å². The highest BCUT2D eigenvalue weighted by molar-refractivity contribution is 5.76. The van der Waals surface area contributed by atoms with E-state index in [1.54, 1.807) is 0 Å². The van der Waals surface area contributed by atoms with Crippen molar-refractivity contribution in [1.82, 2.24) is 4.90 Å². The van der Waals surface area contributed by atoms with Crippen molar-refractivity contribution in [1.29, 1.82) is 0 Å². The minimum absolute atomic E-state index is 0.197. The fraction of sp³-hybridized carbons (Fsp3) is 0.967. The summed E-state index contributed by atoms with van der Waals surface area (Å²) in [6.45, 7) is 10.9. The molecule has 0 aromatic carbocycles. The van der Waals surface area contributed by atoms with Crippen LogP contribution in [0.4, 0.5) is 0 Å². The first-order chi connectivity index (χ1) is 16.6. The van der Waals surface area contributed by atoms with Gasteiger partial charge in [0.25, 0.3) is 0 Å². The Bertz CT molecular complexity index is 780. The van der Waals surface area contributed by atoms with E-state index in [0.717, 1.165) is 25.7 Å². The molecule has 5 aliphatic rings. The van der Waals surface area contributed by atoms with Crippen molar-refractivity contribution in [3.05, 3.63) is 0 Å². The fourth-order valence-electron chi connectivity index (χ4n) is 10.6. The second-order valence-electron chi connectivity index (χ2n) is 13.9. The van der Waals surface area contributed by atoms with Gasteiger partial charge in [0.05, 0.1) is 18.3 Å². The molecule has 5 rings (SSSR count). The van der Waals surface area contributed by atoms with Crippen LogP contribution in [0.1, 0.15) is 98.3 Å². The largest absolute Gasteiger partial charge is 0.393 e. The van der Waals surface area contributed by atoms with E-state index >= 15 is 0 Å². The van der Waals surface area contributed by atoms with Crippen LogP contribution in [0.25, 0.3) is 0 Å². The Hall–Kier alpha value is -0.650. The molecule has 1 aliphatic heterocycles. The molecule has 1 heterocycles. The lowest BCUT2D eigenvalue weighted by atomic mass is 9.41. The zero-order chi connectivity index (χ0) is 25.1. The van der Waals surface area contributed by atoms with Crippen LogP contribution in [0.2, 0.25) is 0 Å². The molecule has 35 heavy (non-hydrogen) atoms. The molecular weight excluding hydrogens is 438 g/mol. The number of piperidine rings is 1. The summed E-state index contributed by atoms with van der Waals surface area (Å²) < 4.78 is 0. The molecule has 5 fully saturated rings. The Morgan fingerprint density at radius 1 is 0.886 bits per heavy atom. The normalized spacial score (nSPS) is 49.2. The lowest BCUT2D eigenvalue weighted by molar-refractivity contribution is -0.203. The van der Waals surface area contributed by atoms with Crippen LogP contribution in [0, 0.1) is 52.3 Å². The first kappa shape index (κ1) is 26.0. The summed E-state index contributed by atoms with van der Waals surface area (Å²) in [4.78, 5) is 15.1. The molecule has 0 radical (unpaired) electrons. The lowest BCUT2D eigenvalue weighted by Gasteiger charge is -2.64. The highest BCUT2D eigenvalue weighted by Gasteiger charge is 2.64. The van der Waals surface area contributed by atoms with E-state index in [9.17, 15) is 20.1 Å². The van der Waals surface area contributed by atoms with Gasteiger partial charge in [0.1, 0.15) is 0 Å². The van der Waals surface area contributed by atoms with Gasteiger partial charge in [0, 0.05) is 19.5 Å². The van der Waals surface area contributed by atoms with Crippen LogP contribution >= 0.6 is 0 Å². The van der Waals surface area contributed by atoms with Crippen LogP contribution in [-0.2, 0) is 4.79 Å². The standard InChI is InChI=1S/C30H51NO4/c1-5-21-25-17-20(33)8-12-30(25,4)24-9-13-29(3)22(6-7-23(29)27(24)28(21)35)18(2)16-26(34)31-14-10-19(32)11-15-31/h18-25,27-28,32-33,35H,5-17H2,1-4H3/t18-,20-,21-,22-,23+,24+,25+,27+,28-,29-,30-/m1/s1. The lowest BCUT2D eigenvalue weighted by Crippen LogP contribution is -2.62. The highest BCUT2D eigenvalue weighted by Crippen LogP contribution is 2.69. The van der Waals surface area contributed by atoms with E-state index in [0.29, 0.717) is 73.8 Å². The van der Waals surface area contributed by atoms with Gasteiger partial charge in [-0.05, 0) is 110 Å². The molecule has 3 N–H and O–H groups in total. The summed E-state index contributed by atoms with van der Waals surface area (Å²) in [6.07, 6.45) is 10.00. The van der Waals surface area contributed by atoms with E-state index in [1.807, 2.05) is 4.90 Å². The molecule has 5 heteroatoms. The minimum Gasteiger partial charge on any atom is -0.393 e. The second-order valence-corrected chi connectivity index (χ2v) is 13.9. The zero-order valence-corrected chi connectivity index (χ0v) is 22.7. The molecule has 0 unspecified atom stereocenters. The molecular formula is C30H51NO4. The maximum Gasteiger partial charge on any atom is 0.222 e. The predicted molar refractivity (Wildman–Crippen MR) is 137 cm³/mol. The number of hydrogen-bond acceptors (Lipinski definition) is 4. The van der Waals surface area contributed by atoms with Crippen LogP contribution in [0.5, 0.6) is 0 Å². The molecule has 1 saturated heterocycles. The predicted octanol–water partition coefficient (Wildman–Crippen LogP) is 4.62. The van der Waals surface area contributed by atoms with E-state index in [4.69, 9.17) is 0 Å². The Morgan fingerprint density at radius 3 is 2.23 bits per heavy atom. The number of rotatable bonds is 4. The van der Waals surface area contributed by atoms with Crippen molar-refractivity contribution in [2.45, 2.75) is 117 Å². The van der Waals surface area contributed by atoms with Crippen molar-refractivity contribution in [2.75, 3.05) is 13.1 Å². The summed E-state index contributed by atoms with van der Waals surface area (Å²) in [7, 11) is 0. The monoisotopic (exact) mass is 489 g/mol. The van der Waals surface area contributed by atoms with Gasteiger partial charge < -0.3 is 20.2 Å². The molecule has 200 valence electrons. The van der Waals surface area contributed by atoms with Crippen molar-refractivity contribution < 1.29 is 20.1 Å². The Balaban J connectivity index is 1.33. The summed E-state index contributed by atoms with van der Waals surface area (Å²) in [6, 6.07) is 0. The van der Waals surface area contributed by atoms with E-state index in [2.05, 4.69) is 27.7 Å². The summed E-state index contributed by atoms with van der Waals surface area (Å²) in [5.74, 6) is 3.38. The Morgan fingerprint density at radius 2 is 1.54 bits per heavy atom. The van der Waals surface area contributed by atoms with Crippen molar-refractivity contribution in [3.63, 3.8) is 0 Å². The number of hydrogen-bond donors (Lipinski definition) is 3. The molecule has 1 amide bonds. The summed E-state index contributed by atoms with van der Waals surface area (Å²) in [5, 5.41) is 32.2. The minimum atomic E-state index is -0.256. The van der Waals surface area contributed by atoms with Crippen LogP contribution in [0.3, 0.4) is 0 Å².